The van der Waals surface area contributed by atoms with E-state index in [0.29, 0.717) is 22.5 Å². The number of aromatic nitrogens is 1. The summed E-state index contributed by atoms with van der Waals surface area (Å²) in [5.74, 6) is 0.281. The Labute approximate surface area is 184 Å². The zero-order chi connectivity index (χ0) is 21.4. The molecule has 0 saturated heterocycles. The molecule has 0 atom stereocenters. The van der Waals surface area contributed by atoms with Crippen LogP contribution in [-0.2, 0) is 17.5 Å². The normalized spacial score (nSPS) is 10.5. The van der Waals surface area contributed by atoms with Crippen molar-refractivity contribution >= 4 is 44.6 Å². The molecule has 0 amide bonds. The Morgan fingerprint density at radius 3 is 2.34 bits per heavy atom. The second-order valence-electron chi connectivity index (χ2n) is 6.07. The Kier molecular flexibility index (Phi) is 9.07. The first-order chi connectivity index (χ1) is 13.9. The lowest BCUT2D eigenvalue weighted by Crippen LogP contribution is -2.03. The van der Waals surface area contributed by atoms with Crippen LogP contribution in [0.2, 0.25) is 0 Å². The lowest BCUT2D eigenvalue weighted by Gasteiger charge is -2.06. The molecule has 1 N–H and O–H groups in total. The van der Waals surface area contributed by atoms with Gasteiger partial charge in [-0.3, -0.25) is 0 Å². The third-order valence-corrected chi connectivity index (χ3v) is 5.98. The van der Waals surface area contributed by atoms with Crippen LogP contribution in [0, 0.1) is 0 Å². The molecule has 5 nitrogen and oxygen atoms in total. The van der Waals surface area contributed by atoms with Gasteiger partial charge in [-0.05, 0) is 54.0 Å². The first-order valence-corrected chi connectivity index (χ1v) is 11.1. The van der Waals surface area contributed by atoms with Crippen LogP contribution in [0.3, 0.4) is 0 Å². The summed E-state index contributed by atoms with van der Waals surface area (Å²) in [7, 11) is 3.47. The van der Waals surface area contributed by atoms with Gasteiger partial charge < -0.3 is 19.1 Å². The average Bonchev–Trinajstić information content (AvgIpc) is 2.99. The number of carbonyl (C=O) groups is 1. The smallest absolute Gasteiger partial charge is 0.338 e. The number of methoxy groups -OCH3 is 1. The predicted molar refractivity (Wildman–Crippen MR) is 122 cm³/mol. The Hall–Kier alpha value is -1.96. The number of carboxylic acid groups (broad SMARTS) is 1. The van der Waals surface area contributed by atoms with E-state index >= 15 is 0 Å². The molecule has 0 saturated carbocycles. The molecule has 7 heteroatoms. The van der Waals surface area contributed by atoms with Crippen molar-refractivity contribution in [2.45, 2.75) is 24.5 Å². The summed E-state index contributed by atoms with van der Waals surface area (Å²) >= 11 is 5.09. The van der Waals surface area contributed by atoms with E-state index in [1.165, 1.54) is 0 Å². The molecule has 3 aromatic rings. The Bertz CT molecular complexity index is 955. The topological polar surface area (TPSA) is 60.7 Å². The number of aromatic carboxylic acids is 1. The molecule has 1 heterocycles. The van der Waals surface area contributed by atoms with Crippen LogP contribution >= 0.6 is 27.7 Å². The predicted octanol–water partition coefficient (Wildman–Crippen LogP) is 5.98. The molecule has 0 unspecified atom stereocenters. The van der Waals surface area contributed by atoms with Crippen LogP contribution < -0.4 is 4.74 Å². The fraction of sp³-hybridized carbons (Fsp3) is 0.318. The standard InChI is InChI=1S/C18H16BrNO3S.C4H10O/c1-20-14-9-13(19)16(23-2)8-12(14)17(18(21)22)15(20)10-24-11-6-4-3-5-7-11;1-3-5-4-2/h3-9H,10H2,1-2H3,(H,21,22);3-4H2,1-2H3. The van der Waals surface area contributed by atoms with Gasteiger partial charge >= 0.3 is 5.97 Å². The van der Waals surface area contributed by atoms with Gasteiger partial charge in [0.05, 0.1) is 22.7 Å². The van der Waals surface area contributed by atoms with Crippen molar-refractivity contribution < 1.29 is 19.4 Å². The van der Waals surface area contributed by atoms with E-state index in [-0.39, 0.29) is 0 Å². The van der Waals surface area contributed by atoms with Crippen molar-refractivity contribution in [2.75, 3.05) is 20.3 Å². The van der Waals surface area contributed by atoms with E-state index in [1.807, 2.05) is 61.9 Å². The van der Waals surface area contributed by atoms with Crippen LogP contribution in [0.1, 0.15) is 29.9 Å². The van der Waals surface area contributed by atoms with Crippen molar-refractivity contribution in [3.8, 4) is 5.75 Å². The molecule has 3 rings (SSSR count). The zero-order valence-electron chi connectivity index (χ0n) is 17.1. The average molecular weight is 480 g/mol. The lowest BCUT2D eigenvalue weighted by atomic mass is 10.1. The maximum Gasteiger partial charge on any atom is 0.338 e. The summed E-state index contributed by atoms with van der Waals surface area (Å²) < 4.78 is 12.9. The van der Waals surface area contributed by atoms with E-state index in [2.05, 4.69) is 15.9 Å². The van der Waals surface area contributed by atoms with Crippen LogP contribution in [0.5, 0.6) is 5.75 Å². The van der Waals surface area contributed by atoms with Crippen LogP contribution in [-0.4, -0.2) is 36.0 Å². The molecular formula is C22H26BrNO4S. The zero-order valence-corrected chi connectivity index (χ0v) is 19.5. The highest BCUT2D eigenvalue weighted by atomic mass is 79.9. The number of nitrogens with zero attached hydrogens (tertiary/aromatic N) is 1. The summed E-state index contributed by atoms with van der Waals surface area (Å²) in [6, 6.07) is 13.6. The lowest BCUT2D eigenvalue weighted by molar-refractivity contribution is 0.0698. The number of rotatable bonds is 7. The van der Waals surface area contributed by atoms with Crippen molar-refractivity contribution in [1.82, 2.24) is 4.57 Å². The van der Waals surface area contributed by atoms with Gasteiger partial charge in [0.1, 0.15) is 5.75 Å². The van der Waals surface area contributed by atoms with E-state index in [0.717, 1.165) is 33.8 Å². The second kappa shape index (κ2) is 11.3. The highest BCUT2D eigenvalue weighted by molar-refractivity contribution is 9.10. The second-order valence-corrected chi connectivity index (χ2v) is 7.98. The fourth-order valence-corrected chi connectivity index (χ4v) is 4.41. The molecule has 0 aliphatic heterocycles. The van der Waals surface area contributed by atoms with Crippen LogP contribution in [0.25, 0.3) is 10.9 Å². The number of thioether (sulfide) groups is 1. The quantitative estimate of drug-likeness (QED) is 0.422. The monoisotopic (exact) mass is 479 g/mol. The maximum absolute atomic E-state index is 11.9. The Balaban J connectivity index is 0.000000537. The number of fused-ring (bicyclic) bond motifs is 1. The largest absolute Gasteiger partial charge is 0.496 e. The molecule has 0 bridgehead atoms. The Morgan fingerprint density at radius 2 is 1.83 bits per heavy atom. The van der Waals surface area contributed by atoms with Gasteiger partial charge in [0, 0.05) is 42.0 Å². The molecule has 156 valence electrons. The summed E-state index contributed by atoms with van der Waals surface area (Å²) in [6.45, 7) is 5.67. The maximum atomic E-state index is 11.9. The summed E-state index contributed by atoms with van der Waals surface area (Å²) in [5.41, 5.74) is 1.98. The van der Waals surface area contributed by atoms with Gasteiger partial charge in [0.25, 0.3) is 0 Å². The molecule has 1 aromatic heterocycles. The number of benzene rings is 2. The van der Waals surface area contributed by atoms with Gasteiger partial charge in [-0.15, -0.1) is 11.8 Å². The number of ether oxygens (including phenoxy) is 2. The minimum atomic E-state index is -0.923. The summed E-state index contributed by atoms with van der Waals surface area (Å²) in [6.07, 6.45) is 0. The minimum absolute atomic E-state index is 0.335. The fourth-order valence-electron chi connectivity index (χ4n) is 2.93. The molecule has 29 heavy (non-hydrogen) atoms. The molecule has 0 aliphatic rings. The van der Waals surface area contributed by atoms with E-state index < -0.39 is 5.97 Å². The van der Waals surface area contributed by atoms with Crippen molar-refractivity contribution in [3.63, 3.8) is 0 Å². The molecule has 0 aliphatic carbocycles. The number of halogens is 1. The molecule has 0 spiro atoms. The van der Waals surface area contributed by atoms with Gasteiger partial charge in [-0.25, -0.2) is 4.79 Å². The van der Waals surface area contributed by atoms with Crippen molar-refractivity contribution in [1.29, 1.82) is 0 Å². The van der Waals surface area contributed by atoms with E-state index in [9.17, 15) is 9.90 Å². The molecular weight excluding hydrogens is 454 g/mol. The molecule has 2 aromatic carbocycles. The van der Waals surface area contributed by atoms with Gasteiger partial charge in [0.15, 0.2) is 0 Å². The minimum Gasteiger partial charge on any atom is -0.496 e. The number of aryl methyl sites for hydroxylation is 1. The number of hydrogen-bond acceptors (Lipinski definition) is 4. The summed E-state index contributed by atoms with van der Waals surface area (Å²) in [5, 5.41) is 10.4. The highest BCUT2D eigenvalue weighted by Crippen LogP contribution is 2.36. The summed E-state index contributed by atoms with van der Waals surface area (Å²) in [4.78, 5) is 13.0. The van der Waals surface area contributed by atoms with Crippen LogP contribution in [0.15, 0.2) is 51.8 Å². The van der Waals surface area contributed by atoms with Crippen molar-refractivity contribution in [2.24, 2.45) is 7.05 Å². The van der Waals surface area contributed by atoms with Gasteiger partial charge in [0.2, 0.25) is 0 Å². The third kappa shape index (κ3) is 5.78. The first kappa shape index (κ1) is 23.3. The first-order valence-electron chi connectivity index (χ1n) is 9.28. The third-order valence-electron chi connectivity index (χ3n) is 4.34. The highest BCUT2D eigenvalue weighted by Gasteiger charge is 2.22. The molecule has 0 fully saturated rings. The number of hydrogen-bond donors (Lipinski definition) is 1. The van der Waals surface area contributed by atoms with E-state index in [1.54, 1.807) is 24.9 Å². The Morgan fingerprint density at radius 1 is 1.17 bits per heavy atom. The van der Waals surface area contributed by atoms with Gasteiger partial charge in [-0.1, -0.05) is 18.2 Å². The SMILES string of the molecule is CCOCC.COc1cc2c(C(=O)O)c(CSc3ccccc3)n(C)c2cc1Br. The molecule has 0 radical (unpaired) electrons. The van der Waals surface area contributed by atoms with Gasteiger partial charge in [-0.2, -0.15) is 0 Å². The van der Waals surface area contributed by atoms with Crippen LogP contribution in [0.4, 0.5) is 0 Å². The van der Waals surface area contributed by atoms with Crippen molar-refractivity contribution in [3.05, 3.63) is 58.2 Å². The number of carboxylic acids is 1. The van der Waals surface area contributed by atoms with E-state index in [4.69, 9.17) is 9.47 Å².